The van der Waals surface area contributed by atoms with Crippen LogP contribution in [0, 0.1) is 0 Å². The van der Waals surface area contributed by atoms with Gasteiger partial charge in [-0.1, -0.05) is 0 Å². The predicted molar refractivity (Wildman–Crippen MR) is 85.2 cm³/mol. The van der Waals surface area contributed by atoms with Crippen LogP contribution in [0.4, 0.5) is 0 Å². The Hall–Kier alpha value is -1.57. The molecular formula is C16H28O12Ti. The molecular weight excluding hydrogens is 432 g/mol. The summed E-state index contributed by atoms with van der Waals surface area (Å²) in [5.41, 5.74) is -6.78. The van der Waals surface area contributed by atoms with E-state index in [1.807, 2.05) is 0 Å². The third-order valence-electron chi connectivity index (χ3n) is 2.00. The maximum Gasteiger partial charge on any atom is 4.00 e. The number of carbonyl (C=O) groups is 4. The van der Waals surface area contributed by atoms with Crippen LogP contribution in [0.15, 0.2) is 0 Å². The SMILES string of the molecule is CC(C)(O)C(=O)[O-].CC(C)(O)C(=O)[O-].CC(C)(O)C(=O)[O-].CC(C)(O)C(=O)[O-].[Ti+4]. The van der Waals surface area contributed by atoms with Gasteiger partial charge >= 0.3 is 21.7 Å². The van der Waals surface area contributed by atoms with Crippen molar-refractivity contribution in [2.45, 2.75) is 77.8 Å². The molecule has 0 fully saturated rings. The summed E-state index contributed by atoms with van der Waals surface area (Å²) in [6, 6.07) is 0. The maximum atomic E-state index is 9.66. The quantitative estimate of drug-likeness (QED) is 0.287. The van der Waals surface area contributed by atoms with E-state index in [1.54, 1.807) is 0 Å². The number of aliphatic carboxylic acids is 4. The van der Waals surface area contributed by atoms with E-state index in [-0.39, 0.29) is 21.7 Å². The molecule has 0 saturated carbocycles. The van der Waals surface area contributed by atoms with E-state index in [0.29, 0.717) is 0 Å². The molecule has 0 bridgehead atoms. The zero-order valence-corrected chi connectivity index (χ0v) is 19.1. The summed E-state index contributed by atoms with van der Waals surface area (Å²) in [5, 5.41) is 72.4. The van der Waals surface area contributed by atoms with Crippen LogP contribution in [0.3, 0.4) is 0 Å². The van der Waals surface area contributed by atoms with Gasteiger partial charge < -0.3 is 60.0 Å². The van der Waals surface area contributed by atoms with E-state index in [0.717, 1.165) is 55.4 Å². The first kappa shape index (κ1) is 38.1. The minimum Gasteiger partial charge on any atom is -0.547 e. The molecule has 0 radical (unpaired) electrons. The van der Waals surface area contributed by atoms with Gasteiger partial charge in [-0.05, 0) is 55.4 Å². The molecule has 0 aromatic heterocycles. The van der Waals surface area contributed by atoms with Gasteiger partial charge in [0, 0.05) is 0 Å². The zero-order chi connectivity index (χ0) is 24.3. The van der Waals surface area contributed by atoms with Crippen molar-refractivity contribution in [3.05, 3.63) is 0 Å². The van der Waals surface area contributed by atoms with Gasteiger partial charge in [-0.2, -0.15) is 0 Å². The Labute approximate surface area is 183 Å². The first-order valence-corrected chi connectivity index (χ1v) is 7.53. The van der Waals surface area contributed by atoms with Gasteiger partial charge in [0.1, 0.15) is 0 Å². The van der Waals surface area contributed by atoms with Crippen LogP contribution >= 0.6 is 0 Å². The average molecular weight is 460 g/mol. The van der Waals surface area contributed by atoms with Crippen molar-refractivity contribution in [1.82, 2.24) is 0 Å². The molecule has 0 rings (SSSR count). The van der Waals surface area contributed by atoms with E-state index >= 15 is 0 Å². The van der Waals surface area contributed by atoms with Crippen molar-refractivity contribution in [3.63, 3.8) is 0 Å². The summed E-state index contributed by atoms with van der Waals surface area (Å²) < 4.78 is 0. The molecule has 4 N–H and O–H groups in total. The first-order chi connectivity index (χ1) is 11.8. The Morgan fingerprint density at radius 3 is 0.483 bits per heavy atom. The third kappa shape index (κ3) is 31.4. The van der Waals surface area contributed by atoms with Gasteiger partial charge in [-0.15, -0.1) is 0 Å². The van der Waals surface area contributed by atoms with Crippen LogP contribution in [-0.4, -0.2) is 66.7 Å². The van der Waals surface area contributed by atoms with Crippen LogP contribution in [-0.2, 0) is 40.9 Å². The summed E-state index contributed by atoms with van der Waals surface area (Å²) >= 11 is 0. The first-order valence-electron chi connectivity index (χ1n) is 7.53. The number of hydrogen-bond donors (Lipinski definition) is 4. The minimum absolute atomic E-state index is 0. The molecule has 0 saturated heterocycles. The fourth-order valence-corrected chi connectivity index (χ4v) is 0. The van der Waals surface area contributed by atoms with Crippen LogP contribution in [0.2, 0.25) is 0 Å². The fraction of sp³-hybridized carbons (Fsp3) is 0.750. The van der Waals surface area contributed by atoms with E-state index in [2.05, 4.69) is 0 Å². The molecule has 13 heteroatoms. The number of carbonyl (C=O) groups excluding carboxylic acids is 4. The van der Waals surface area contributed by atoms with Crippen molar-refractivity contribution in [2.24, 2.45) is 0 Å². The molecule has 0 aliphatic rings. The van der Waals surface area contributed by atoms with Crippen molar-refractivity contribution in [3.8, 4) is 0 Å². The molecule has 0 spiro atoms. The molecule has 0 unspecified atom stereocenters. The predicted octanol–water partition coefficient (Wildman–Crippen LogP) is -5.97. The van der Waals surface area contributed by atoms with Crippen LogP contribution < -0.4 is 20.4 Å². The molecule has 0 aromatic rings. The topological polar surface area (TPSA) is 241 Å². The molecule has 0 aliphatic carbocycles. The summed E-state index contributed by atoms with van der Waals surface area (Å²) in [6.07, 6.45) is 0. The van der Waals surface area contributed by atoms with E-state index in [4.69, 9.17) is 20.4 Å². The van der Waals surface area contributed by atoms with E-state index in [9.17, 15) is 39.6 Å². The molecule has 168 valence electrons. The number of carboxylic acid groups (broad SMARTS) is 4. The van der Waals surface area contributed by atoms with Gasteiger partial charge in [0.05, 0.1) is 46.3 Å². The van der Waals surface area contributed by atoms with Gasteiger partial charge in [-0.25, -0.2) is 0 Å². The second kappa shape index (κ2) is 14.4. The van der Waals surface area contributed by atoms with Crippen LogP contribution in [0.1, 0.15) is 55.4 Å². The molecule has 0 aliphatic heterocycles. The van der Waals surface area contributed by atoms with Crippen molar-refractivity contribution < 1.29 is 81.7 Å². The van der Waals surface area contributed by atoms with Crippen molar-refractivity contribution in [2.75, 3.05) is 0 Å². The van der Waals surface area contributed by atoms with Crippen LogP contribution in [0.5, 0.6) is 0 Å². The molecule has 0 amide bonds. The Morgan fingerprint density at radius 2 is 0.483 bits per heavy atom. The van der Waals surface area contributed by atoms with E-state index < -0.39 is 46.3 Å². The third-order valence-corrected chi connectivity index (χ3v) is 2.00. The Morgan fingerprint density at radius 1 is 0.448 bits per heavy atom. The summed E-state index contributed by atoms with van der Waals surface area (Å²) in [6.45, 7) is 9.24. The molecule has 29 heavy (non-hydrogen) atoms. The largest absolute Gasteiger partial charge is 4.00 e. The number of aliphatic hydroxyl groups is 4. The molecule has 0 atom stereocenters. The Bertz CT molecular complexity index is 420. The zero-order valence-electron chi connectivity index (χ0n) is 17.6. The second-order valence-electron chi connectivity index (χ2n) is 7.39. The monoisotopic (exact) mass is 460 g/mol. The summed E-state index contributed by atoms with van der Waals surface area (Å²) in [5.74, 6) is -5.81. The minimum atomic E-state index is -1.69. The maximum absolute atomic E-state index is 9.66. The van der Waals surface area contributed by atoms with Gasteiger partial charge in [0.15, 0.2) is 0 Å². The fourth-order valence-electron chi connectivity index (χ4n) is 0. The smallest absolute Gasteiger partial charge is 0.547 e. The molecule has 0 heterocycles. The van der Waals surface area contributed by atoms with Gasteiger partial charge in [0.25, 0.3) is 0 Å². The van der Waals surface area contributed by atoms with Gasteiger partial charge in [-0.3, -0.25) is 0 Å². The Balaban J connectivity index is -0.0000000873. The van der Waals surface area contributed by atoms with E-state index in [1.165, 1.54) is 0 Å². The van der Waals surface area contributed by atoms with Crippen molar-refractivity contribution in [1.29, 1.82) is 0 Å². The number of rotatable bonds is 4. The summed E-state index contributed by atoms with van der Waals surface area (Å²) in [7, 11) is 0. The van der Waals surface area contributed by atoms with Gasteiger partial charge in [0.2, 0.25) is 0 Å². The van der Waals surface area contributed by atoms with Crippen LogP contribution in [0.25, 0.3) is 0 Å². The standard InChI is InChI=1S/4C4H8O3.Ti/c4*1-4(2,7)3(5)6;/h4*7H,1-2H3,(H,5,6);/q;;;;+4/p-4. The number of carboxylic acids is 4. The van der Waals surface area contributed by atoms with Crippen molar-refractivity contribution >= 4 is 23.9 Å². The number of hydrogen-bond acceptors (Lipinski definition) is 12. The second-order valence-corrected chi connectivity index (χ2v) is 7.39. The molecule has 12 nitrogen and oxygen atoms in total. The Kier molecular flexibility index (Phi) is 18.9. The molecule has 0 aromatic carbocycles. The summed E-state index contributed by atoms with van der Waals surface area (Å²) in [4.78, 5) is 38.6. The normalized spacial score (nSPS) is 10.9. The average Bonchev–Trinajstić information content (AvgIpc) is 2.35.